The minimum atomic E-state index is -0.327. The molecule has 0 aliphatic heterocycles. The molecule has 1 saturated carbocycles. The van der Waals surface area contributed by atoms with Gasteiger partial charge >= 0.3 is 5.69 Å². The molecule has 1 aromatic rings. The van der Waals surface area contributed by atoms with Crippen LogP contribution in [0.15, 0.2) is 0 Å². The maximum atomic E-state index is 11.3. The van der Waals surface area contributed by atoms with Gasteiger partial charge in [-0.15, -0.1) is 0 Å². The van der Waals surface area contributed by atoms with E-state index >= 15 is 0 Å². The van der Waals surface area contributed by atoms with Crippen LogP contribution in [-0.4, -0.2) is 27.3 Å². The van der Waals surface area contributed by atoms with E-state index in [1.807, 2.05) is 6.92 Å². The van der Waals surface area contributed by atoms with Gasteiger partial charge in [0.1, 0.15) is 5.69 Å². The number of nitro groups is 1. The molecule has 1 aromatic heterocycles. The molecule has 3 N–H and O–H groups in total. The predicted octanol–water partition coefficient (Wildman–Crippen LogP) is 1.82. The van der Waals surface area contributed by atoms with Gasteiger partial charge in [-0.2, -0.15) is 5.10 Å². The van der Waals surface area contributed by atoms with Gasteiger partial charge < -0.3 is 11.1 Å². The standard InChI is InChI=1S/C13H23N5O2/c1-3-5-11-12(18(19)20)13(17(2)16-11)15-10-7-4-6-9(10)8-14/h9-10,15H,3-8,14H2,1-2H3. The second-order valence-corrected chi connectivity index (χ2v) is 5.45. The SMILES string of the molecule is CCCc1nn(C)c(NC2CCCC2CN)c1[N+](=O)[O-]. The molecule has 2 atom stereocenters. The van der Waals surface area contributed by atoms with Gasteiger partial charge in [-0.05, 0) is 31.7 Å². The van der Waals surface area contributed by atoms with Crippen LogP contribution in [0, 0.1) is 16.0 Å². The molecule has 2 unspecified atom stereocenters. The number of rotatable bonds is 6. The molecule has 0 amide bonds. The van der Waals surface area contributed by atoms with Crippen LogP contribution >= 0.6 is 0 Å². The fourth-order valence-corrected chi connectivity index (χ4v) is 3.01. The van der Waals surface area contributed by atoms with Crippen LogP contribution in [0.1, 0.15) is 38.3 Å². The van der Waals surface area contributed by atoms with E-state index in [-0.39, 0.29) is 16.7 Å². The maximum absolute atomic E-state index is 11.3. The van der Waals surface area contributed by atoms with Gasteiger partial charge in [0.05, 0.1) is 4.92 Å². The first-order chi connectivity index (χ1) is 9.58. The Balaban J connectivity index is 2.28. The van der Waals surface area contributed by atoms with Gasteiger partial charge in [-0.3, -0.25) is 10.1 Å². The fourth-order valence-electron chi connectivity index (χ4n) is 3.01. The van der Waals surface area contributed by atoms with E-state index in [0.29, 0.717) is 30.4 Å². The Bertz CT molecular complexity index is 485. The lowest BCUT2D eigenvalue weighted by Gasteiger charge is -2.20. The van der Waals surface area contributed by atoms with E-state index in [4.69, 9.17) is 5.73 Å². The van der Waals surface area contributed by atoms with Crippen molar-refractivity contribution in [3.8, 4) is 0 Å². The molecule has 2 rings (SSSR count). The third-order valence-corrected chi connectivity index (χ3v) is 4.05. The first kappa shape index (κ1) is 14.8. The van der Waals surface area contributed by atoms with E-state index in [1.165, 1.54) is 0 Å². The summed E-state index contributed by atoms with van der Waals surface area (Å²) in [6.07, 6.45) is 4.67. The molecule has 0 spiro atoms. The number of anilines is 1. The second-order valence-electron chi connectivity index (χ2n) is 5.45. The third kappa shape index (κ3) is 2.77. The predicted molar refractivity (Wildman–Crippen MR) is 77.7 cm³/mol. The lowest BCUT2D eigenvalue weighted by atomic mass is 10.0. The molecule has 20 heavy (non-hydrogen) atoms. The summed E-state index contributed by atoms with van der Waals surface area (Å²) in [5, 5.41) is 19.0. The Kier molecular flexibility index (Phi) is 4.59. The number of aryl methyl sites for hydroxylation is 2. The van der Waals surface area contributed by atoms with E-state index in [2.05, 4.69) is 10.4 Å². The summed E-state index contributed by atoms with van der Waals surface area (Å²) in [5.74, 6) is 0.905. The highest BCUT2D eigenvalue weighted by atomic mass is 16.6. The summed E-state index contributed by atoms with van der Waals surface area (Å²) in [6.45, 7) is 2.61. The highest BCUT2D eigenvalue weighted by Crippen LogP contribution is 2.33. The summed E-state index contributed by atoms with van der Waals surface area (Å²) >= 11 is 0. The molecular formula is C13H23N5O2. The Hall–Kier alpha value is -1.63. The zero-order valence-electron chi connectivity index (χ0n) is 12.1. The summed E-state index contributed by atoms with van der Waals surface area (Å²) in [6, 6.07) is 0.212. The monoisotopic (exact) mass is 281 g/mol. The Morgan fingerprint density at radius 3 is 2.90 bits per heavy atom. The molecule has 7 heteroatoms. The molecule has 1 aliphatic rings. The lowest BCUT2D eigenvalue weighted by molar-refractivity contribution is -0.384. The van der Waals surface area contributed by atoms with Crippen molar-refractivity contribution in [3.05, 3.63) is 15.8 Å². The molecule has 112 valence electrons. The van der Waals surface area contributed by atoms with Crippen LogP contribution < -0.4 is 11.1 Å². The van der Waals surface area contributed by atoms with Gasteiger partial charge in [0.25, 0.3) is 0 Å². The Morgan fingerprint density at radius 1 is 1.55 bits per heavy atom. The molecule has 1 fully saturated rings. The van der Waals surface area contributed by atoms with E-state index in [1.54, 1.807) is 11.7 Å². The average Bonchev–Trinajstić information content (AvgIpc) is 2.96. The minimum absolute atomic E-state index is 0.122. The topological polar surface area (TPSA) is 99.0 Å². The van der Waals surface area contributed by atoms with Crippen molar-refractivity contribution in [1.29, 1.82) is 0 Å². The van der Waals surface area contributed by atoms with E-state index in [9.17, 15) is 10.1 Å². The van der Waals surface area contributed by atoms with Crippen molar-refractivity contribution >= 4 is 11.5 Å². The number of nitrogens with zero attached hydrogens (tertiary/aromatic N) is 3. The highest BCUT2D eigenvalue weighted by molar-refractivity contribution is 5.60. The van der Waals surface area contributed by atoms with Crippen molar-refractivity contribution < 1.29 is 4.92 Å². The quantitative estimate of drug-likeness (QED) is 0.612. The molecular weight excluding hydrogens is 258 g/mol. The van der Waals surface area contributed by atoms with Crippen LogP contribution in [0.25, 0.3) is 0 Å². The molecule has 0 radical (unpaired) electrons. The van der Waals surface area contributed by atoms with Gasteiger partial charge in [-0.25, -0.2) is 4.68 Å². The Labute approximate surface area is 118 Å². The fraction of sp³-hybridized carbons (Fsp3) is 0.769. The van der Waals surface area contributed by atoms with E-state index in [0.717, 1.165) is 25.7 Å². The van der Waals surface area contributed by atoms with Gasteiger partial charge in [-0.1, -0.05) is 19.8 Å². The van der Waals surface area contributed by atoms with Crippen LogP contribution in [0.2, 0.25) is 0 Å². The number of nitrogens with one attached hydrogen (secondary N) is 1. The Morgan fingerprint density at radius 2 is 2.30 bits per heavy atom. The zero-order valence-corrected chi connectivity index (χ0v) is 12.1. The third-order valence-electron chi connectivity index (χ3n) is 4.05. The van der Waals surface area contributed by atoms with E-state index < -0.39 is 0 Å². The summed E-state index contributed by atoms with van der Waals surface area (Å²) in [7, 11) is 1.75. The van der Waals surface area contributed by atoms with Gasteiger partial charge in [0.15, 0.2) is 0 Å². The minimum Gasteiger partial charge on any atom is -0.361 e. The number of hydrogen-bond donors (Lipinski definition) is 2. The van der Waals surface area contributed by atoms with Crippen molar-refractivity contribution in [2.45, 2.75) is 45.1 Å². The number of aromatic nitrogens is 2. The first-order valence-electron chi connectivity index (χ1n) is 7.25. The lowest BCUT2D eigenvalue weighted by Crippen LogP contribution is -2.30. The van der Waals surface area contributed by atoms with Crippen LogP contribution in [0.4, 0.5) is 11.5 Å². The van der Waals surface area contributed by atoms with Crippen molar-refractivity contribution in [2.24, 2.45) is 18.7 Å². The number of nitrogens with two attached hydrogens (primary N) is 1. The van der Waals surface area contributed by atoms with Crippen LogP contribution in [0.3, 0.4) is 0 Å². The molecule has 0 aromatic carbocycles. The highest BCUT2D eigenvalue weighted by Gasteiger charge is 2.32. The van der Waals surface area contributed by atoms with Gasteiger partial charge in [0.2, 0.25) is 5.82 Å². The van der Waals surface area contributed by atoms with Crippen molar-refractivity contribution in [2.75, 3.05) is 11.9 Å². The second kappa shape index (κ2) is 6.21. The average molecular weight is 281 g/mol. The molecule has 0 saturated heterocycles. The maximum Gasteiger partial charge on any atom is 0.333 e. The van der Waals surface area contributed by atoms with Crippen LogP contribution in [0.5, 0.6) is 0 Å². The summed E-state index contributed by atoms with van der Waals surface area (Å²) in [5.41, 5.74) is 6.45. The summed E-state index contributed by atoms with van der Waals surface area (Å²) < 4.78 is 1.59. The van der Waals surface area contributed by atoms with Gasteiger partial charge in [0, 0.05) is 13.1 Å². The largest absolute Gasteiger partial charge is 0.361 e. The smallest absolute Gasteiger partial charge is 0.333 e. The molecule has 1 heterocycles. The van der Waals surface area contributed by atoms with Crippen molar-refractivity contribution in [3.63, 3.8) is 0 Å². The summed E-state index contributed by atoms with van der Waals surface area (Å²) in [4.78, 5) is 11.0. The van der Waals surface area contributed by atoms with Crippen LogP contribution in [-0.2, 0) is 13.5 Å². The normalized spacial score (nSPS) is 22.1. The first-order valence-corrected chi connectivity index (χ1v) is 7.25. The molecule has 0 bridgehead atoms. The van der Waals surface area contributed by atoms with Crippen molar-refractivity contribution in [1.82, 2.24) is 9.78 Å². The molecule has 1 aliphatic carbocycles. The zero-order chi connectivity index (χ0) is 14.7. The number of hydrogen-bond acceptors (Lipinski definition) is 5. The molecule has 7 nitrogen and oxygen atoms in total.